The van der Waals surface area contributed by atoms with Gasteiger partial charge in [-0.3, -0.25) is 0 Å². The number of nitrogens with one attached hydrogen (secondary N) is 1. The summed E-state index contributed by atoms with van der Waals surface area (Å²) in [5.41, 5.74) is 10.8. The molecule has 0 spiro atoms. The minimum atomic E-state index is 0.0693. The maximum Gasteiger partial charge on any atom is 0.151 e. The molecule has 194 valence electrons. The number of anilines is 2. The first-order chi connectivity index (χ1) is 17.4. The van der Waals surface area contributed by atoms with Crippen molar-refractivity contribution in [2.45, 2.75) is 45.1 Å². The van der Waals surface area contributed by atoms with E-state index in [4.69, 9.17) is 25.2 Å². The van der Waals surface area contributed by atoms with Crippen molar-refractivity contribution < 1.29 is 9.47 Å². The maximum absolute atomic E-state index is 6.27. The van der Waals surface area contributed by atoms with Gasteiger partial charge in [-0.05, 0) is 26.5 Å². The van der Waals surface area contributed by atoms with Gasteiger partial charge in [-0.15, -0.1) is 0 Å². The Kier molecular flexibility index (Phi) is 8.30. The molecule has 2 aliphatic rings. The van der Waals surface area contributed by atoms with Crippen molar-refractivity contribution in [2.24, 2.45) is 0 Å². The van der Waals surface area contributed by atoms with Crippen molar-refractivity contribution in [2.75, 3.05) is 58.0 Å². The van der Waals surface area contributed by atoms with Crippen LogP contribution in [0.15, 0.2) is 42.6 Å². The first-order valence-electron chi connectivity index (χ1n) is 12.8. The number of rotatable bonds is 10. The van der Waals surface area contributed by atoms with Crippen LogP contribution in [0.4, 0.5) is 11.6 Å². The summed E-state index contributed by atoms with van der Waals surface area (Å²) in [6.07, 6.45) is 10.0. The van der Waals surface area contributed by atoms with E-state index in [1.165, 1.54) is 12.0 Å². The van der Waals surface area contributed by atoms with Gasteiger partial charge in [0.1, 0.15) is 22.6 Å². The van der Waals surface area contributed by atoms with Gasteiger partial charge in [-0.2, -0.15) is 0 Å². The van der Waals surface area contributed by atoms with Crippen LogP contribution in [0.25, 0.3) is 11.0 Å². The lowest BCUT2D eigenvalue weighted by Crippen LogP contribution is -2.44. The maximum atomic E-state index is 6.27. The molecule has 0 radical (unpaired) electrons. The fourth-order valence-corrected chi connectivity index (χ4v) is 4.78. The number of allylic oxidation sites excluding steroid dienone is 3. The van der Waals surface area contributed by atoms with E-state index in [-0.39, 0.29) is 12.0 Å². The second-order valence-corrected chi connectivity index (χ2v) is 9.51. The fraction of sp³-hybridized carbons (Fsp3) is 0.519. The minimum absolute atomic E-state index is 0.0693. The van der Waals surface area contributed by atoms with Crippen LogP contribution in [0.1, 0.15) is 43.9 Å². The molecule has 1 aliphatic carbocycles. The molecule has 3 heterocycles. The summed E-state index contributed by atoms with van der Waals surface area (Å²) in [6, 6.07) is 0.161. The number of nitrogens with zero attached hydrogens (tertiary/aromatic N) is 5. The molecule has 2 atom stereocenters. The third kappa shape index (κ3) is 5.56. The SMILES string of the molecule is C=COCCC(C)Nc1nc2c(C3C=CC(N4CCN(C)CC4)=C(OC)C3)cnc(N)c2nc1CC. The molecule has 36 heavy (non-hydrogen) atoms. The number of methoxy groups -OCH3 is 1. The van der Waals surface area contributed by atoms with Crippen LogP contribution in [0, 0.1) is 0 Å². The molecule has 9 heteroatoms. The van der Waals surface area contributed by atoms with Crippen LogP contribution < -0.4 is 11.1 Å². The third-order valence-electron chi connectivity index (χ3n) is 7.00. The predicted octanol–water partition coefficient (Wildman–Crippen LogP) is 3.67. The van der Waals surface area contributed by atoms with Gasteiger partial charge < -0.3 is 30.3 Å². The van der Waals surface area contributed by atoms with Crippen molar-refractivity contribution in [1.29, 1.82) is 0 Å². The highest BCUT2D eigenvalue weighted by Gasteiger charge is 2.27. The number of likely N-dealkylation sites (N-methyl/N-ethyl adjacent to an activating group) is 1. The number of hydrogen-bond acceptors (Lipinski definition) is 9. The lowest BCUT2D eigenvalue weighted by atomic mass is 9.90. The highest BCUT2D eigenvalue weighted by Crippen LogP contribution is 2.37. The summed E-state index contributed by atoms with van der Waals surface area (Å²) in [5.74, 6) is 2.24. The third-order valence-corrected chi connectivity index (χ3v) is 7.00. The largest absolute Gasteiger partial charge is 0.502 e. The van der Waals surface area contributed by atoms with Crippen LogP contribution in [0.5, 0.6) is 0 Å². The summed E-state index contributed by atoms with van der Waals surface area (Å²) in [6.45, 7) is 12.5. The second kappa shape index (κ2) is 11.6. The summed E-state index contributed by atoms with van der Waals surface area (Å²) < 4.78 is 11.2. The van der Waals surface area contributed by atoms with E-state index in [2.05, 4.69) is 59.7 Å². The number of aryl methyl sites for hydroxylation is 1. The Balaban J connectivity index is 1.65. The highest BCUT2D eigenvalue weighted by atomic mass is 16.5. The van der Waals surface area contributed by atoms with Crippen LogP contribution >= 0.6 is 0 Å². The zero-order valence-corrected chi connectivity index (χ0v) is 22.0. The van der Waals surface area contributed by atoms with E-state index in [1.807, 2.05) is 6.20 Å². The molecule has 9 nitrogen and oxygen atoms in total. The summed E-state index contributed by atoms with van der Waals surface area (Å²) >= 11 is 0. The Bertz CT molecular complexity index is 1140. The molecule has 2 aromatic rings. The molecule has 1 aliphatic heterocycles. The van der Waals surface area contributed by atoms with Gasteiger partial charge in [0.05, 0.1) is 31.4 Å². The molecule has 1 fully saturated rings. The Labute approximate surface area is 214 Å². The molecule has 0 amide bonds. The second-order valence-electron chi connectivity index (χ2n) is 9.51. The standard InChI is InChI=1S/C27H39N7O2/c1-6-21-27(30-18(3)10-15-36-7-2)32-24-20(17-29-26(28)25(24)31-21)19-8-9-22(23(16-19)35-5)34-13-11-33(4)12-14-34/h7-9,17-19H,2,6,10-16H2,1,3-5H3,(H2,28,29)(H,30,32). The predicted molar refractivity (Wildman–Crippen MR) is 145 cm³/mol. The normalized spacial score (nSPS) is 19.4. The van der Waals surface area contributed by atoms with Gasteiger partial charge in [0, 0.05) is 62.7 Å². The van der Waals surface area contributed by atoms with Crippen LogP contribution in [0.2, 0.25) is 0 Å². The summed E-state index contributed by atoms with van der Waals surface area (Å²) in [4.78, 5) is 19.2. The lowest BCUT2D eigenvalue weighted by Gasteiger charge is -2.37. The zero-order valence-electron chi connectivity index (χ0n) is 22.0. The number of hydrogen-bond donors (Lipinski definition) is 2. The molecule has 0 bridgehead atoms. The van der Waals surface area contributed by atoms with Gasteiger partial charge in [0.15, 0.2) is 5.82 Å². The van der Waals surface area contributed by atoms with E-state index < -0.39 is 0 Å². The first-order valence-corrected chi connectivity index (χ1v) is 12.8. The Hall–Kier alpha value is -3.33. The van der Waals surface area contributed by atoms with Gasteiger partial charge in [0.25, 0.3) is 0 Å². The number of piperazine rings is 1. The van der Waals surface area contributed by atoms with Crippen LogP contribution in [0.3, 0.4) is 0 Å². The molecular formula is C27H39N7O2. The minimum Gasteiger partial charge on any atom is -0.502 e. The van der Waals surface area contributed by atoms with Crippen LogP contribution in [-0.2, 0) is 15.9 Å². The van der Waals surface area contributed by atoms with E-state index in [0.717, 1.165) is 73.8 Å². The summed E-state index contributed by atoms with van der Waals surface area (Å²) in [7, 11) is 3.92. The monoisotopic (exact) mass is 493 g/mol. The molecule has 0 saturated carbocycles. The van der Waals surface area contributed by atoms with Crippen LogP contribution in [-0.4, -0.2) is 77.7 Å². The quantitative estimate of drug-likeness (QED) is 0.379. The van der Waals surface area contributed by atoms with Crippen molar-refractivity contribution >= 4 is 22.7 Å². The van der Waals surface area contributed by atoms with E-state index >= 15 is 0 Å². The number of nitrogens with two attached hydrogens (primary N) is 1. The number of aromatic nitrogens is 3. The van der Waals surface area contributed by atoms with Gasteiger partial charge in [-0.1, -0.05) is 19.6 Å². The smallest absolute Gasteiger partial charge is 0.151 e. The molecular weight excluding hydrogens is 454 g/mol. The van der Waals surface area contributed by atoms with Gasteiger partial charge in [-0.25, -0.2) is 15.0 Å². The van der Waals surface area contributed by atoms with Gasteiger partial charge in [0.2, 0.25) is 0 Å². The average Bonchev–Trinajstić information content (AvgIpc) is 2.89. The topological polar surface area (TPSA) is 102 Å². The fourth-order valence-electron chi connectivity index (χ4n) is 4.78. The van der Waals surface area contributed by atoms with E-state index in [9.17, 15) is 0 Å². The number of nitrogen functional groups attached to an aromatic ring is 1. The van der Waals surface area contributed by atoms with Gasteiger partial charge >= 0.3 is 0 Å². The average molecular weight is 494 g/mol. The number of fused-ring (bicyclic) bond motifs is 1. The highest BCUT2D eigenvalue weighted by molar-refractivity contribution is 5.88. The van der Waals surface area contributed by atoms with E-state index in [1.54, 1.807) is 7.11 Å². The summed E-state index contributed by atoms with van der Waals surface area (Å²) in [5, 5.41) is 3.52. The van der Waals surface area contributed by atoms with Crippen molar-refractivity contribution in [3.63, 3.8) is 0 Å². The van der Waals surface area contributed by atoms with Crippen molar-refractivity contribution in [1.82, 2.24) is 24.8 Å². The van der Waals surface area contributed by atoms with E-state index in [0.29, 0.717) is 17.9 Å². The molecule has 1 saturated heterocycles. The Morgan fingerprint density at radius 3 is 2.72 bits per heavy atom. The molecule has 0 aromatic carbocycles. The molecule has 3 N–H and O–H groups in total. The zero-order chi connectivity index (χ0) is 25.7. The first kappa shape index (κ1) is 25.8. The number of ether oxygens (including phenoxy) is 2. The number of pyridine rings is 1. The molecule has 2 unspecified atom stereocenters. The Morgan fingerprint density at radius 1 is 1.25 bits per heavy atom. The molecule has 2 aromatic heterocycles. The van der Waals surface area contributed by atoms with Crippen molar-refractivity contribution in [3.8, 4) is 0 Å². The lowest BCUT2D eigenvalue weighted by molar-refractivity contribution is 0.173. The Morgan fingerprint density at radius 2 is 2.03 bits per heavy atom. The molecule has 4 rings (SSSR count). The van der Waals surface area contributed by atoms with Crippen molar-refractivity contribution in [3.05, 3.63) is 53.9 Å².